The third-order valence-electron chi connectivity index (χ3n) is 24.4. The van der Waals surface area contributed by atoms with Crippen molar-refractivity contribution in [1.82, 2.24) is 83.7 Å². The quantitative estimate of drug-likeness (QED) is 0.0278. The Morgan fingerprint density at radius 3 is 1.40 bits per heavy atom. The highest BCUT2D eigenvalue weighted by Gasteiger charge is 2.47. The van der Waals surface area contributed by atoms with E-state index in [2.05, 4.69) is 152 Å². The van der Waals surface area contributed by atoms with Crippen LogP contribution in [0.15, 0.2) is 134 Å². The SMILES string of the molecule is COC1CCN(c2nccc(Nc3cc4c(cn3)nc(-c3ccc(CN5CCN(CCO)CC5)cc3)n4C(C)C)n2)CC1.COC1CCN(c2nccc(Nc3cc4c(cn3)nc(-c3ccc(CN5CCN(CCOc6ccc7c(c6)C(=O)N(C6CCC(=O)CC6=O)C7=O)CC5)cc3)n4C(C)C)n2)CC1.O=C1CCC(N2C(=O)c3ccc(O)cc3C2=O)C(=O)N1. The molecular formula is C91H105N21O13. The van der Waals surface area contributed by atoms with Crippen LogP contribution in [0.5, 0.6) is 11.5 Å². The minimum atomic E-state index is -0.984. The molecule has 0 radical (unpaired) electrons. The molecule has 10 aromatic rings. The van der Waals surface area contributed by atoms with Crippen LogP contribution in [0.1, 0.15) is 150 Å². The number of piperidine rings is 3. The fraction of sp³-hybridized carbons (Fsp3) is 0.429. The Morgan fingerprint density at radius 2 is 0.928 bits per heavy atom. The number of ether oxygens (including phenoxy) is 3. The fourth-order valence-corrected chi connectivity index (χ4v) is 17.6. The van der Waals surface area contributed by atoms with Gasteiger partial charge in [0.1, 0.15) is 75.9 Å². The van der Waals surface area contributed by atoms with Gasteiger partial charge in [0.25, 0.3) is 23.6 Å². The smallest absolute Gasteiger partial charge is 0.262 e. The second kappa shape index (κ2) is 38.4. The Bertz CT molecular complexity index is 5650. The number of carbonyl (C=O) groups is 8. The highest BCUT2D eigenvalue weighted by Crippen LogP contribution is 2.37. The number of hydrogen-bond donors (Lipinski definition) is 5. The van der Waals surface area contributed by atoms with Gasteiger partial charge in [-0.3, -0.25) is 73.1 Å². The van der Waals surface area contributed by atoms with Crippen LogP contribution in [-0.4, -0.2) is 279 Å². The van der Waals surface area contributed by atoms with Crippen molar-refractivity contribution in [3.8, 4) is 34.3 Å². The molecule has 2 unspecified atom stereocenters. The Hall–Kier alpha value is -12.4. The number of fused-ring (bicyclic) bond motifs is 4. The monoisotopic (exact) mass is 1700 g/mol. The van der Waals surface area contributed by atoms with Crippen LogP contribution in [0, 0.1) is 0 Å². The molecule has 0 spiro atoms. The predicted octanol–water partition coefficient (Wildman–Crippen LogP) is 9.04. The topological polar surface area (TPSA) is 380 Å². The van der Waals surface area contributed by atoms with E-state index in [0.717, 1.165) is 197 Å². The van der Waals surface area contributed by atoms with Gasteiger partial charge in [-0.05, 0) is 126 Å². The van der Waals surface area contributed by atoms with E-state index < -0.39 is 47.5 Å². The summed E-state index contributed by atoms with van der Waals surface area (Å²) in [5.41, 5.74) is 9.11. The standard InChI is InChI=1S/C46H52N10O6.C32H43N9O2.C13H10N2O5/c1-29(2)55-39-26-42(50-41-12-15-47-46(51-41)54-16-13-33(61-3)14-17-54)48-27-37(39)49-43(55)31-6-4-30(5-7-31)28-53-20-18-52(19-21-53)22-23-62-34-9-10-35-36(25-34)45(60)56(44(35)59)38-11-8-32(57)24-40(38)58;1-23(2)41-28-20-30(36-29-8-11-33-32(37-29)40-12-9-26(43-3)10-13-40)34-21-27(28)35-31(41)25-6-4-24(5-7-25)22-39-16-14-38(15-17-39)18-19-42;16-6-1-2-7-8(5-6)13(20)15(12(7)19)9-3-4-10(17)14-11(9)18/h4-7,9-10,12,15,25-27,29,33,38H,8,11,13-14,16-24,28H2,1-3H3,(H,47,48,50,51);4-8,11,20-21,23,26,42H,9-10,12-19,22H2,1-3H3,(H,33,34,36,37);1-2,5,9,16H,3-4H2,(H,14,17,18). The van der Waals surface area contributed by atoms with Crippen LogP contribution in [0.4, 0.5) is 35.2 Å². The lowest BCUT2D eigenvalue weighted by atomic mass is 9.92. The van der Waals surface area contributed by atoms with E-state index in [1.54, 1.807) is 44.8 Å². The summed E-state index contributed by atoms with van der Waals surface area (Å²) in [5.74, 6) is 2.64. The number of aromatic hydroxyl groups is 1. The summed E-state index contributed by atoms with van der Waals surface area (Å²) >= 11 is 0. The summed E-state index contributed by atoms with van der Waals surface area (Å²) in [6.45, 7) is 23.8. The normalized spacial score (nSPS) is 19.0. The number of imide groups is 3. The van der Waals surface area contributed by atoms with E-state index in [1.165, 1.54) is 29.3 Å². The number of amides is 6. The zero-order valence-electron chi connectivity index (χ0n) is 71.2. The number of methoxy groups -OCH3 is 2. The maximum Gasteiger partial charge on any atom is 0.262 e. The zero-order valence-corrected chi connectivity index (χ0v) is 71.2. The third-order valence-corrected chi connectivity index (χ3v) is 24.4. The number of ketones is 2. The van der Waals surface area contributed by atoms with Gasteiger partial charge in [0.05, 0.1) is 77.0 Å². The molecule has 0 bridgehead atoms. The minimum absolute atomic E-state index is 0.0692. The van der Waals surface area contributed by atoms with E-state index >= 15 is 0 Å². The van der Waals surface area contributed by atoms with Crippen LogP contribution in [0.25, 0.3) is 44.8 Å². The second-order valence-electron chi connectivity index (χ2n) is 33.3. The number of piperazine rings is 2. The van der Waals surface area contributed by atoms with Crippen molar-refractivity contribution in [3.05, 3.63) is 167 Å². The van der Waals surface area contributed by atoms with Gasteiger partial charge >= 0.3 is 0 Å². The van der Waals surface area contributed by atoms with Gasteiger partial charge in [0, 0.05) is 180 Å². The summed E-state index contributed by atoms with van der Waals surface area (Å²) < 4.78 is 21.6. The van der Waals surface area contributed by atoms with Crippen LogP contribution in [0.3, 0.4) is 0 Å². The van der Waals surface area contributed by atoms with Crippen LogP contribution in [0.2, 0.25) is 0 Å². The summed E-state index contributed by atoms with van der Waals surface area (Å²) in [4.78, 5) is 152. The number of pyridine rings is 2. The number of Topliss-reactive ketones (excluding diaryl/α,β-unsaturated/α-hetero) is 2. The van der Waals surface area contributed by atoms with Crippen molar-refractivity contribution >= 4 is 104 Å². The first-order valence-corrected chi connectivity index (χ1v) is 43.1. The Labute approximate surface area is 723 Å². The number of rotatable bonds is 24. The molecule has 6 aromatic heterocycles. The predicted molar refractivity (Wildman–Crippen MR) is 467 cm³/mol. The molecule has 6 fully saturated rings. The van der Waals surface area contributed by atoms with Crippen molar-refractivity contribution in [2.75, 3.05) is 139 Å². The first kappa shape index (κ1) is 86.1. The van der Waals surface area contributed by atoms with Crippen LogP contribution in [-0.2, 0) is 41.7 Å². The average Bonchev–Trinajstić information content (AvgIpc) is 1.58. The maximum atomic E-state index is 13.2. The molecule has 2 atom stereocenters. The van der Waals surface area contributed by atoms with Gasteiger partial charge in [0.2, 0.25) is 23.7 Å². The number of benzene rings is 4. The van der Waals surface area contributed by atoms with Crippen molar-refractivity contribution in [3.63, 3.8) is 0 Å². The number of aliphatic hydroxyl groups excluding tert-OH is 1. The molecule has 5 saturated heterocycles. The molecule has 1 saturated carbocycles. The van der Waals surface area contributed by atoms with E-state index in [0.29, 0.717) is 41.9 Å². The van der Waals surface area contributed by atoms with Gasteiger partial charge in [-0.25, -0.2) is 29.9 Å². The zero-order chi connectivity index (χ0) is 87.1. The van der Waals surface area contributed by atoms with Crippen molar-refractivity contribution in [2.24, 2.45) is 0 Å². The van der Waals surface area contributed by atoms with Gasteiger partial charge in [-0.15, -0.1) is 0 Å². The first-order chi connectivity index (χ1) is 60.6. The lowest BCUT2D eigenvalue weighted by molar-refractivity contribution is -0.136. The number of nitrogens with one attached hydrogen (secondary N) is 3. The molecule has 5 N–H and O–H groups in total. The molecule has 34 heteroatoms. The number of phenols is 1. The molecule has 4 aromatic carbocycles. The average molecular weight is 1700 g/mol. The first-order valence-electron chi connectivity index (χ1n) is 43.1. The molecule has 6 amide bonds. The summed E-state index contributed by atoms with van der Waals surface area (Å²) in [6.07, 6.45) is 12.0. The summed E-state index contributed by atoms with van der Waals surface area (Å²) in [5, 5.41) is 27.5. The molecule has 18 rings (SSSR count). The summed E-state index contributed by atoms with van der Waals surface area (Å²) in [6, 6.07) is 32.6. The van der Waals surface area contributed by atoms with Gasteiger partial charge in [-0.2, -0.15) is 9.97 Å². The fourth-order valence-electron chi connectivity index (χ4n) is 17.6. The second-order valence-corrected chi connectivity index (χ2v) is 33.3. The van der Waals surface area contributed by atoms with E-state index in [-0.39, 0.29) is 96.5 Å². The summed E-state index contributed by atoms with van der Waals surface area (Å²) in [7, 11) is 3.55. The number of carbonyl (C=O) groups excluding carboxylic acids is 8. The molecule has 7 aliphatic heterocycles. The van der Waals surface area contributed by atoms with Crippen molar-refractivity contribution in [1.29, 1.82) is 0 Å². The molecule has 13 heterocycles. The Kier molecular flexibility index (Phi) is 26.4. The lowest BCUT2D eigenvalue weighted by Crippen LogP contribution is -2.54. The largest absolute Gasteiger partial charge is 0.508 e. The molecule has 125 heavy (non-hydrogen) atoms. The number of nitrogens with zero attached hydrogens (tertiary/aromatic N) is 18. The van der Waals surface area contributed by atoms with Crippen LogP contribution < -0.4 is 30.5 Å². The number of β-amino-alcohol motifs (C(OH)–C–C–N with tert-alkyl or cyclic N) is 1. The van der Waals surface area contributed by atoms with Crippen LogP contribution >= 0.6 is 0 Å². The molecule has 1 aliphatic carbocycles. The molecule has 652 valence electrons. The van der Waals surface area contributed by atoms with E-state index in [9.17, 15) is 48.6 Å². The highest BCUT2D eigenvalue weighted by atomic mass is 16.5. The number of aliphatic hydroxyl groups is 1. The number of anilines is 6. The Balaban J connectivity index is 0.000000157. The van der Waals surface area contributed by atoms with Gasteiger partial charge < -0.3 is 54.0 Å². The van der Waals surface area contributed by atoms with Crippen molar-refractivity contribution in [2.45, 2.75) is 135 Å². The molecule has 8 aliphatic rings. The molecular weight excluding hydrogens is 1600 g/mol. The van der Waals surface area contributed by atoms with Crippen molar-refractivity contribution < 1.29 is 62.8 Å². The van der Waals surface area contributed by atoms with E-state index in [4.69, 9.17) is 39.1 Å². The van der Waals surface area contributed by atoms with E-state index in [1.807, 2.05) is 30.6 Å². The minimum Gasteiger partial charge on any atom is -0.508 e. The molecule has 34 nitrogen and oxygen atoms in total. The lowest BCUT2D eigenvalue weighted by Gasteiger charge is -2.34. The number of imidazole rings is 2. The number of aromatic nitrogens is 10. The maximum absolute atomic E-state index is 13.2. The van der Waals surface area contributed by atoms with Gasteiger partial charge in [-0.1, -0.05) is 48.5 Å². The number of hydrogen-bond acceptors (Lipinski definition) is 29. The highest BCUT2D eigenvalue weighted by molar-refractivity contribution is 6.25. The Morgan fingerprint density at radius 1 is 0.472 bits per heavy atom. The number of phenolic OH excluding ortho intramolecular Hbond substituents is 1. The van der Waals surface area contributed by atoms with Gasteiger partial charge in [0.15, 0.2) is 5.78 Å². The third kappa shape index (κ3) is 19.4.